The fourth-order valence-electron chi connectivity index (χ4n) is 3.30. The van der Waals surface area contributed by atoms with E-state index in [1.165, 1.54) is 13.8 Å². The van der Waals surface area contributed by atoms with Gasteiger partial charge in [0.05, 0.1) is 0 Å². The van der Waals surface area contributed by atoms with Crippen LogP contribution in [0.2, 0.25) is 0 Å². The quantitative estimate of drug-likeness (QED) is 0.600. The van der Waals surface area contributed by atoms with Crippen LogP contribution in [0, 0.1) is 0 Å². The average Bonchev–Trinajstić information content (AvgIpc) is 3.19. The average molecular weight is 432 g/mol. The number of esters is 1. The topological polar surface area (TPSA) is 114 Å². The molecule has 8 nitrogen and oxygen atoms in total. The van der Waals surface area contributed by atoms with Crippen molar-refractivity contribution >= 4 is 23.8 Å². The van der Waals surface area contributed by atoms with Crippen molar-refractivity contribution in [2.45, 2.75) is 83.9 Å². The summed E-state index contributed by atoms with van der Waals surface area (Å²) in [6.07, 6.45) is 2.71. The van der Waals surface area contributed by atoms with Gasteiger partial charge in [-0.3, -0.25) is 14.9 Å². The summed E-state index contributed by atoms with van der Waals surface area (Å²) in [4.78, 5) is 48.6. The molecule has 1 aromatic rings. The second-order valence-corrected chi connectivity index (χ2v) is 9.05. The smallest absolute Gasteiger partial charge is 0.329 e. The number of rotatable bonds is 6. The summed E-state index contributed by atoms with van der Waals surface area (Å²) < 4.78 is 5.10. The maximum atomic E-state index is 12.4. The van der Waals surface area contributed by atoms with Crippen molar-refractivity contribution in [2.75, 3.05) is 0 Å². The third kappa shape index (κ3) is 7.38. The van der Waals surface area contributed by atoms with Crippen molar-refractivity contribution in [3.63, 3.8) is 0 Å². The molecule has 0 radical (unpaired) electrons. The molecule has 170 valence electrons. The summed E-state index contributed by atoms with van der Waals surface area (Å²) in [5.41, 5.74) is 1.48. The number of carbonyl (C=O) groups is 4. The summed E-state index contributed by atoms with van der Waals surface area (Å²) in [5.74, 6) is -1.91. The molecular formula is C23H33N3O5. The van der Waals surface area contributed by atoms with E-state index in [2.05, 4.69) is 36.7 Å². The van der Waals surface area contributed by atoms with Gasteiger partial charge in [-0.1, -0.05) is 45.7 Å². The van der Waals surface area contributed by atoms with Crippen molar-refractivity contribution in [1.82, 2.24) is 16.0 Å². The van der Waals surface area contributed by atoms with E-state index in [-0.39, 0.29) is 11.5 Å². The molecule has 0 bridgehead atoms. The second kappa shape index (κ2) is 10.4. The normalized spacial score (nSPS) is 16.2. The standard InChI is InChI=1S/C23H33N3O5/c1-14(24-20(28)16-10-12-17(13-11-16)23(3,4)5)21(29)31-15(2)19(27)26-22(30)25-18-8-6-7-9-18/h10-15,18H,6-9H2,1-5H3,(H,24,28)(H2,25,26,27,30)/t14-,15+/m0/s1. The summed E-state index contributed by atoms with van der Waals surface area (Å²) in [6, 6.07) is 5.66. The Balaban J connectivity index is 1.81. The highest BCUT2D eigenvalue weighted by Crippen LogP contribution is 2.22. The van der Waals surface area contributed by atoms with Crippen molar-refractivity contribution in [1.29, 1.82) is 0 Å². The first kappa shape index (κ1) is 24.4. The maximum Gasteiger partial charge on any atom is 0.329 e. The van der Waals surface area contributed by atoms with Crippen LogP contribution in [-0.2, 0) is 19.7 Å². The van der Waals surface area contributed by atoms with Gasteiger partial charge in [0.25, 0.3) is 11.8 Å². The molecule has 1 saturated carbocycles. The number of benzene rings is 1. The maximum absolute atomic E-state index is 12.4. The number of hydrogen-bond donors (Lipinski definition) is 3. The van der Waals surface area contributed by atoms with E-state index < -0.39 is 36.0 Å². The first-order chi connectivity index (χ1) is 14.5. The van der Waals surface area contributed by atoms with E-state index in [0.29, 0.717) is 5.56 Å². The Morgan fingerprint density at radius 2 is 1.58 bits per heavy atom. The van der Waals surface area contributed by atoms with Gasteiger partial charge in [-0.05, 0) is 49.8 Å². The Bertz CT molecular complexity index is 807. The molecular weight excluding hydrogens is 398 g/mol. The highest BCUT2D eigenvalue weighted by Gasteiger charge is 2.26. The molecule has 2 atom stereocenters. The van der Waals surface area contributed by atoms with Crippen LogP contribution >= 0.6 is 0 Å². The summed E-state index contributed by atoms with van der Waals surface area (Å²) in [5, 5.41) is 7.47. The van der Waals surface area contributed by atoms with Gasteiger partial charge >= 0.3 is 12.0 Å². The molecule has 3 N–H and O–H groups in total. The molecule has 1 aromatic carbocycles. The van der Waals surface area contributed by atoms with Gasteiger partial charge < -0.3 is 15.4 Å². The van der Waals surface area contributed by atoms with E-state index >= 15 is 0 Å². The zero-order valence-corrected chi connectivity index (χ0v) is 18.9. The Hall–Kier alpha value is -2.90. The number of hydrogen-bond acceptors (Lipinski definition) is 5. The van der Waals surface area contributed by atoms with Crippen LogP contribution in [0.25, 0.3) is 0 Å². The minimum absolute atomic E-state index is 0.0309. The van der Waals surface area contributed by atoms with Gasteiger partial charge in [0.1, 0.15) is 6.04 Å². The molecule has 0 aromatic heterocycles. The van der Waals surface area contributed by atoms with Gasteiger partial charge in [0, 0.05) is 11.6 Å². The molecule has 1 aliphatic carbocycles. The van der Waals surface area contributed by atoms with E-state index in [1.807, 2.05) is 12.1 Å². The van der Waals surface area contributed by atoms with Crippen LogP contribution in [0.15, 0.2) is 24.3 Å². The molecule has 0 unspecified atom stereocenters. The van der Waals surface area contributed by atoms with Crippen LogP contribution in [0.3, 0.4) is 0 Å². The van der Waals surface area contributed by atoms with Crippen molar-refractivity contribution in [2.24, 2.45) is 0 Å². The molecule has 8 heteroatoms. The Labute approximate surface area is 183 Å². The van der Waals surface area contributed by atoms with Gasteiger partial charge in [0.15, 0.2) is 6.10 Å². The predicted octanol–water partition coefficient (Wildman–Crippen LogP) is 2.80. The van der Waals surface area contributed by atoms with E-state index in [0.717, 1.165) is 31.2 Å². The Morgan fingerprint density at radius 3 is 2.13 bits per heavy atom. The molecule has 31 heavy (non-hydrogen) atoms. The SMILES string of the molecule is C[C@H](NC(=O)c1ccc(C(C)(C)C)cc1)C(=O)O[C@H](C)C(=O)NC(=O)NC1CCCC1. The zero-order valence-electron chi connectivity index (χ0n) is 18.9. The lowest BCUT2D eigenvalue weighted by molar-refractivity contribution is -0.155. The van der Waals surface area contributed by atoms with Crippen LogP contribution < -0.4 is 16.0 Å². The number of ether oxygens (including phenoxy) is 1. The number of nitrogens with one attached hydrogen (secondary N) is 3. The number of carbonyl (C=O) groups excluding carboxylic acids is 4. The van der Waals surface area contributed by atoms with E-state index in [1.54, 1.807) is 12.1 Å². The molecule has 2 rings (SSSR count). The van der Waals surface area contributed by atoms with Gasteiger partial charge in [0.2, 0.25) is 0 Å². The summed E-state index contributed by atoms with van der Waals surface area (Å²) in [6.45, 7) is 9.08. The van der Waals surface area contributed by atoms with Crippen LogP contribution in [0.5, 0.6) is 0 Å². The fourth-order valence-corrected chi connectivity index (χ4v) is 3.30. The van der Waals surface area contributed by atoms with Crippen molar-refractivity contribution in [3.05, 3.63) is 35.4 Å². The molecule has 0 spiro atoms. The minimum atomic E-state index is -1.17. The summed E-state index contributed by atoms with van der Waals surface area (Å²) in [7, 11) is 0. The van der Waals surface area contributed by atoms with Crippen LogP contribution in [0.4, 0.5) is 4.79 Å². The molecule has 0 saturated heterocycles. The Morgan fingerprint density at radius 1 is 1.00 bits per heavy atom. The number of amides is 4. The largest absolute Gasteiger partial charge is 0.451 e. The highest BCUT2D eigenvalue weighted by atomic mass is 16.5. The second-order valence-electron chi connectivity index (χ2n) is 9.05. The lowest BCUT2D eigenvalue weighted by Crippen LogP contribution is -2.48. The van der Waals surface area contributed by atoms with Crippen molar-refractivity contribution < 1.29 is 23.9 Å². The fraction of sp³-hybridized carbons (Fsp3) is 0.565. The minimum Gasteiger partial charge on any atom is -0.451 e. The lowest BCUT2D eigenvalue weighted by Gasteiger charge is -2.20. The van der Waals surface area contributed by atoms with Gasteiger partial charge in [-0.15, -0.1) is 0 Å². The number of urea groups is 1. The van der Waals surface area contributed by atoms with E-state index in [9.17, 15) is 19.2 Å². The molecule has 1 aliphatic rings. The molecule has 4 amide bonds. The molecule has 0 aliphatic heterocycles. The Kier molecular flexibility index (Phi) is 8.19. The van der Waals surface area contributed by atoms with Crippen molar-refractivity contribution in [3.8, 4) is 0 Å². The predicted molar refractivity (Wildman–Crippen MR) is 117 cm³/mol. The van der Waals surface area contributed by atoms with Crippen LogP contribution in [0.1, 0.15) is 76.2 Å². The van der Waals surface area contributed by atoms with Gasteiger partial charge in [-0.2, -0.15) is 0 Å². The number of imide groups is 1. The van der Waals surface area contributed by atoms with E-state index in [4.69, 9.17) is 4.74 Å². The molecule has 1 fully saturated rings. The lowest BCUT2D eigenvalue weighted by atomic mass is 9.86. The third-order valence-corrected chi connectivity index (χ3v) is 5.30. The summed E-state index contributed by atoms with van der Waals surface area (Å²) >= 11 is 0. The first-order valence-electron chi connectivity index (χ1n) is 10.7. The molecule has 0 heterocycles. The van der Waals surface area contributed by atoms with Crippen LogP contribution in [-0.4, -0.2) is 42.0 Å². The zero-order chi connectivity index (χ0) is 23.2. The first-order valence-corrected chi connectivity index (χ1v) is 10.7. The third-order valence-electron chi connectivity index (χ3n) is 5.30. The van der Waals surface area contributed by atoms with Gasteiger partial charge in [-0.25, -0.2) is 9.59 Å². The highest BCUT2D eigenvalue weighted by molar-refractivity contribution is 5.98. The monoisotopic (exact) mass is 431 g/mol.